The SMILES string of the molecule is CCc1ccc(N(CC(=O)N(Cc2ccccc2F)[C@@H](Cc2ccccc2)C(=O)NC2CCCC2)S(C)(=O)=O)cc1. The molecule has 3 aromatic carbocycles. The fourth-order valence-electron chi connectivity index (χ4n) is 5.24. The van der Waals surface area contributed by atoms with Gasteiger partial charge in [0, 0.05) is 24.6 Å². The van der Waals surface area contributed by atoms with Crippen molar-refractivity contribution < 1.29 is 22.4 Å². The standard InChI is InChI=1S/C32H38FN3O4S/c1-3-24-17-19-28(20-18-24)36(41(2,39)40)23-31(37)35(22-26-13-7-10-16-29(26)33)30(21-25-11-5-4-6-12-25)32(38)34-27-14-8-9-15-27/h4-7,10-13,16-20,27,30H,3,8-9,14-15,21-23H2,1-2H3,(H,34,38)/t30-/m0/s1. The lowest BCUT2D eigenvalue weighted by atomic mass is 10.0. The molecule has 9 heteroatoms. The van der Waals surface area contributed by atoms with Crippen LogP contribution in [0, 0.1) is 5.82 Å². The van der Waals surface area contributed by atoms with Crippen LogP contribution in [0.2, 0.25) is 0 Å². The zero-order valence-corrected chi connectivity index (χ0v) is 24.4. The lowest BCUT2D eigenvalue weighted by molar-refractivity contribution is -0.140. The van der Waals surface area contributed by atoms with E-state index in [-0.39, 0.29) is 30.5 Å². The molecule has 0 radical (unpaired) electrons. The van der Waals surface area contributed by atoms with E-state index in [1.54, 1.807) is 30.3 Å². The number of rotatable bonds is 12. The van der Waals surface area contributed by atoms with Crippen molar-refractivity contribution in [2.75, 3.05) is 17.1 Å². The Morgan fingerprint density at radius 1 is 0.927 bits per heavy atom. The highest BCUT2D eigenvalue weighted by atomic mass is 32.2. The van der Waals surface area contributed by atoms with Crippen LogP contribution < -0.4 is 9.62 Å². The van der Waals surface area contributed by atoms with Gasteiger partial charge in [-0.1, -0.05) is 80.4 Å². The van der Waals surface area contributed by atoms with Crippen LogP contribution in [0.15, 0.2) is 78.9 Å². The molecule has 4 rings (SSSR count). The number of halogens is 1. The highest BCUT2D eigenvalue weighted by Crippen LogP contribution is 2.23. The van der Waals surface area contributed by atoms with Crippen LogP contribution in [0.25, 0.3) is 0 Å². The number of sulfonamides is 1. The third kappa shape index (κ3) is 8.16. The molecule has 3 aromatic rings. The molecule has 0 heterocycles. The van der Waals surface area contributed by atoms with E-state index in [0.29, 0.717) is 5.69 Å². The van der Waals surface area contributed by atoms with Crippen molar-refractivity contribution in [1.82, 2.24) is 10.2 Å². The zero-order valence-electron chi connectivity index (χ0n) is 23.6. The van der Waals surface area contributed by atoms with Crippen molar-refractivity contribution >= 4 is 27.5 Å². The Morgan fingerprint density at radius 2 is 1.56 bits per heavy atom. The second-order valence-corrected chi connectivity index (χ2v) is 12.5. The number of carbonyl (C=O) groups excluding carboxylic acids is 2. The molecule has 0 spiro atoms. The Balaban J connectivity index is 1.72. The molecule has 0 saturated heterocycles. The van der Waals surface area contributed by atoms with E-state index in [1.807, 2.05) is 49.4 Å². The highest BCUT2D eigenvalue weighted by molar-refractivity contribution is 7.92. The van der Waals surface area contributed by atoms with Gasteiger partial charge in [-0.05, 0) is 48.6 Å². The minimum atomic E-state index is -3.86. The number of carbonyl (C=O) groups is 2. The van der Waals surface area contributed by atoms with E-state index in [0.717, 1.165) is 53.8 Å². The number of hydrogen-bond acceptors (Lipinski definition) is 4. The first-order valence-electron chi connectivity index (χ1n) is 14.1. The summed E-state index contributed by atoms with van der Waals surface area (Å²) in [6.07, 6.45) is 5.79. The van der Waals surface area contributed by atoms with E-state index in [4.69, 9.17) is 0 Å². The quantitative estimate of drug-likeness (QED) is 0.332. The molecule has 0 aromatic heterocycles. The average molecular weight is 580 g/mol. The van der Waals surface area contributed by atoms with Gasteiger partial charge in [0.2, 0.25) is 21.8 Å². The molecule has 7 nitrogen and oxygen atoms in total. The van der Waals surface area contributed by atoms with Crippen molar-refractivity contribution in [1.29, 1.82) is 0 Å². The van der Waals surface area contributed by atoms with Gasteiger partial charge in [0.15, 0.2) is 0 Å². The van der Waals surface area contributed by atoms with Crippen molar-refractivity contribution in [3.05, 3.63) is 101 Å². The van der Waals surface area contributed by atoms with E-state index in [1.165, 1.54) is 11.0 Å². The largest absolute Gasteiger partial charge is 0.352 e. The Kier molecular flexibility index (Phi) is 10.2. The summed E-state index contributed by atoms with van der Waals surface area (Å²) in [5.41, 5.74) is 2.45. The van der Waals surface area contributed by atoms with Gasteiger partial charge in [0.05, 0.1) is 11.9 Å². The first-order chi connectivity index (χ1) is 19.7. The van der Waals surface area contributed by atoms with Crippen LogP contribution in [0.3, 0.4) is 0 Å². The maximum Gasteiger partial charge on any atom is 0.244 e. The summed E-state index contributed by atoms with van der Waals surface area (Å²) in [6.45, 7) is 1.28. The van der Waals surface area contributed by atoms with Gasteiger partial charge in [-0.3, -0.25) is 13.9 Å². The molecule has 218 valence electrons. The molecule has 1 aliphatic rings. The van der Waals surface area contributed by atoms with Gasteiger partial charge in [-0.15, -0.1) is 0 Å². The summed E-state index contributed by atoms with van der Waals surface area (Å²) < 4.78 is 41.7. The number of benzene rings is 3. The molecule has 0 aliphatic heterocycles. The number of aryl methyl sites for hydroxylation is 1. The highest BCUT2D eigenvalue weighted by Gasteiger charge is 2.34. The summed E-state index contributed by atoms with van der Waals surface area (Å²) in [5, 5.41) is 3.10. The Morgan fingerprint density at radius 3 is 2.17 bits per heavy atom. The monoisotopic (exact) mass is 579 g/mol. The number of amides is 2. The van der Waals surface area contributed by atoms with Crippen LogP contribution in [0.5, 0.6) is 0 Å². The molecule has 1 atom stereocenters. The minimum absolute atomic E-state index is 0.00999. The Hall–Kier alpha value is -3.72. The van der Waals surface area contributed by atoms with Gasteiger partial charge in [-0.25, -0.2) is 12.8 Å². The molecule has 1 N–H and O–H groups in total. The summed E-state index contributed by atoms with van der Waals surface area (Å²) >= 11 is 0. The molecule has 1 saturated carbocycles. The predicted octanol–water partition coefficient (Wildman–Crippen LogP) is 4.85. The van der Waals surface area contributed by atoms with Crippen molar-refractivity contribution in [3.63, 3.8) is 0 Å². The molecule has 2 amide bonds. The lowest BCUT2D eigenvalue weighted by Crippen LogP contribution is -2.54. The van der Waals surface area contributed by atoms with Gasteiger partial charge in [0.25, 0.3) is 0 Å². The number of anilines is 1. The van der Waals surface area contributed by atoms with Crippen molar-refractivity contribution in [2.45, 2.75) is 64.1 Å². The van der Waals surface area contributed by atoms with Crippen molar-refractivity contribution in [3.8, 4) is 0 Å². The van der Waals surface area contributed by atoms with Crippen molar-refractivity contribution in [2.24, 2.45) is 0 Å². The number of nitrogens with one attached hydrogen (secondary N) is 1. The lowest BCUT2D eigenvalue weighted by Gasteiger charge is -2.34. The van der Waals surface area contributed by atoms with E-state index in [9.17, 15) is 22.4 Å². The third-order valence-electron chi connectivity index (χ3n) is 7.58. The second-order valence-electron chi connectivity index (χ2n) is 10.6. The molecule has 0 bridgehead atoms. The van der Waals surface area contributed by atoms with Gasteiger partial charge in [0.1, 0.15) is 18.4 Å². The van der Waals surface area contributed by atoms with E-state index >= 15 is 0 Å². The van der Waals surface area contributed by atoms with Crippen LogP contribution in [0.4, 0.5) is 10.1 Å². The van der Waals surface area contributed by atoms with Gasteiger partial charge >= 0.3 is 0 Å². The molecular formula is C32H38FN3O4S. The fourth-order valence-corrected chi connectivity index (χ4v) is 6.09. The van der Waals surface area contributed by atoms with E-state index < -0.39 is 34.3 Å². The van der Waals surface area contributed by atoms with Crippen LogP contribution in [-0.4, -0.2) is 50.0 Å². The second kappa shape index (κ2) is 13.8. The third-order valence-corrected chi connectivity index (χ3v) is 8.72. The Bertz CT molecular complexity index is 1420. The fraction of sp³-hybridized carbons (Fsp3) is 0.375. The topological polar surface area (TPSA) is 86.8 Å². The molecule has 1 aliphatic carbocycles. The average Bonchev–Trinajstić information content (AvgIpc) is 3.47. The molecule has 1 fully saturated rings. The number of nitrogens with zero attached hydrogens (tertiary/aromatic N) is 2. The van der Waals surface area contributed by atoms with Crippen LogP contribution >= 0.6 is 0 Å². The number of hydrogen-bond donors (Lipinski definition) is 1. The summed E-state index contributed by atoms with van der Waals surface area (Å²) in [5.74, 6) is -1.43. The molecule has 41 heavy (non-hydrogen) atoms. The molecular weight excluding hydrogens is 541 g/mol. The molecule has 0 unspecified atom stereocenters. The smallest absolute Gasteiger partial charge is 0.244 e. The van der Waals surface area contributed by atoms with Gasteiger partial charge < -0.3 is 10.2 Å². The zero-order chi connectivity index (χ0) is 29.4. The first-order valence-corrected chi connectivity index (χ1v) is 15.9. The van der Waals surface area contributed by atoms with E-state index in [2.05, 4.69) is 5.32 Å². The van der Waals surface area contributed by atoms with Crippen LogP contribution in [0.1, 0.15) is 49.3 Å². The summed E-state index contributed by atoms with van der Waals surface area (Å²) in [7, 11) is -3.86. The summed E-state index contributed by atoms with van der Waals surface area (Å²) in [6, 6.07) is 21.5. The normalized spacial score (nSPS) is 14.4. The van der Waals surface area contributed by atoms with Crippen LogP contribution in [-0.2, 0) is 39.0 Å². The minimum Gasteiger partial charge on any atom is -0.352 e. The van der Waals surface area contributed by atoms with Gasteiger partial charge in [-0.2, -0.15) is 0 Å². The first kappa shape index (κ1) is 30.2. The predicted molar refractivity (Wildman–Crippen MR) is 159 cm³/mol. The maximum absolute atomic E-state index is 14.9. The maximum atomic E-state index is 14.9. The Labute approximate surface area is 242 Å². The summed E-state index contributed by atoms with van der Waals surface area (Å²) in [4.78, 5) is 29.2.